The van der Waals surface area contributed by atoms with E-state index in [0.717, 1.165) is 12.8 Å². The van der Waals surface area contributed by atoms with Crippen LogP contribution in [0, 0.1) is 0 Å². The van der Waals surface area contributed by atoms with Crippen molar-refractivity contribution in [3.63, 3.8) is 0 Å². The zero-order valence-corrected chi connectivity index (χ0v) is 16.0. The van der Waals surface area contributed by atoms with Crippen molar-refractivity contribution in [2.75, 3.05) is 7.05 Å². The number of piperidine rings is 1. The first kappa shape index (κ1) is 17.3. The summed E-state index contributed by atoms with van der Waals surface area (Å²) >= 11 is 12.7. The third-order valence-corrected chi connectivity index (χ3v) is 8.82. The average Bonchev–Trinajstić information content (AvgIpc) is 2.75. The van der Waals surface area contributed by atoms with Gasteiger partial charge in [0.15, 0.2) is 9.84 Å². The standard InChI is InChI=1S/C17H18Cl2N2O3S/c1-21-9-2-3-10(21)7-11(6-9)25(23,24)17-13(18)8-14-12(16(17)19)4-5-15(22)20-14/h4-5,8-11H,2-3,6-7H2,1H3,(H,20,22)/t9-,10+,11-. The Balaban J connectivity index is 1.83. The van der Waals surface area contributed by atoms with Crippen LogP contribution < -0.4 is 5.56 Å². The normalized spacial score (nSPS) is 27.1. The Morgan fingerprint density at radius 3 is 2.44 bits per heavy atom. The lowest BCUT2D eigenvalue weighted by Crippen LogP contribution is -2.44. The first-order valence-electron chi connectivity index (χ1n) is 8.26. The molecule has 8 heteroatoms. The van der Waals surface area contributed by atoms with Gasteiger partial charge >= 0.3 is 0 Å². The van der Waals surface area contributed by atoms with Crippen LogP contribution in [0.3, 0.4) is 0 Å². The molecule has 2 aliphatic heterocycles. The Kier molecular flexibility index (Phi) is 4.15. The zero-order chi connectivity index (χ0) is 17.9. The highest BCUT2D eigenvalue weighted by Crippen LogP contribution is 2.43. The molecule has 0 amide bonds. The van der Waals surface area contributed by atoms with E-state index in [4.69, 9.17) is 23.2 Å². The molecule has 2 aliphatic rings. The van der Waals surface area contributed by atoms with E-state index in [1.165, 1.54) is 18.2 Å². The van der Waals surface area contributed by atoms with Gasteiger partial charge < -0.3 is 9.88 Å². The number of aromatic nitrogens is 1. The van der Waals surface area contributed by atoms with Gasteiger partial charge in [-0.25, -0.2) is 8.42 Å². The fraction of sp³-hybridized carbons (Fsp3) is 0.471. The van der Waals surface area contributed by atoms with E-state index in [-0.39, 0.29) is 20.5 Å². The van der Waals surface area contributed by atoms with E-state index >= 15 is 0 Å². The van der Waals surface area contributed by atoms with Crippen molar-refractivity contribution in [3.8, 4) is 0 Å². The molecular weight excluding hydrogens is 383 g/mol. The molecule has 2 saturated heterocycles. The highest BCUT2D eigenvalue weighted by atomic mass is 35.5. The van der Waals surface area contributed by atoms with Crippen molar-refractivity contribution < 1.29 is 8.42 Å². The summed E-state index contributed by atoms with van der Waals surface area (Å²) < 4.78 is 26.6. The van der Waals surface area contributed by atoms with Crippen molar-refractivity contribution in [3.05, 3.63) is 38.6 Å². The van der Waals surface area contributed by atoms with Gasteiger partial charge in [0.1, 0.15) is 4.90 Å². The van der Waals surface area contributed by atoms with Crippen molar-refractivity contribution in [1.82, 2.24) is 9.88 Å². The Morgan fingerprint density at radius 2 is 1.80 bits per heavy atom. The third-order valence-electron chi connectivity index (χ3n) is 5.65. The number of hydrogen-bond acceptors (Lipinski definition) is 4. The number of halogens is 2. The second kappa shape index (κ2) is 5.98. The molecule has 1 N–H and O–H groups in total. The van der Waals surface area contributed by atoms with Gasteiger partial charge in [0, 0.05) is 23.5 Å². The quantitative estimate of drug-likeness (QED) is 0.839. The van der Waals surface area contributed by atoms with Crippen LogP contribution in [-0.4, -0.2) is 42.7 Å². The predicted octanol–water partition coefficient (Wildman–Crippen LogP) is 3.23. The van der Waals surface area contributed by atoms with Crippen LogP contribution in [0.25, 0.3) is 10.9 Å². The number of benzene rings is 1. The summed E-state index contributed by atoms with van der Waals surface area (Å²) in [6.07, 6.45) is 3.28. The number of nitrogens with zero attached hydrogens (tertiary/aromatic N) is 1. The van der Waals surface area contributed by atoms with Crippen molar-refractivity contribution in [2.45, 2.75) is 47.9 Å². The summed E-state index contributed by atoms with van der Waals surface area (Å²) in [6, 6.07) is 4.93. The molecule has 0 aliphatic carbocycles. The molecule has 4 rings (SSSR count). The highest BCUT2D eigenvalue weighted by Gasteiger charge is 2.44. The van der Waals surface area contributed by atoms with E-state index < -0.39 is 15.1 Å². The molecule has 0 unspecified atom stereocenters. The Bertz CT molecular complexity index is 1000. The third kappa shape index (κ3) is 2.70. The minimum atomic E-state index is -3.66. The number of hydrogen-bond donors (Lipinski definition) is 1. The van der Waals surface area contributed by atoms with Crippen molar-refractivity contribution in [2.24, 2.45) is 0 Å². The van der Waals surface area contributed by atoms with Crippen molar-refractivity contribution >= 4 is 43.9 Å². The lowest BCUT2D eigenvalue weighted by Gasteiger charge is -2.36. The summed E-state index contributed by atoms with van der Waals surface area (Å²) in [5.41, 5.74) is 0.145. The van der Waals surface area contributed by atoms with Gasteiger partial charge in [-0.05, 0) is 44.9 Å². The van der Waals surface area contributed by atoms with Crippen LogP contribution in [0.15, 0.2) is 27.9 Å². The molecule has 3 heterocycles. The van der Waals surface area contributed by atoms with Gasteiger partial charge in [-0.1, -0.05) is 23.2 Å². The van der Waals surface area contributed by atoms with Gasteiger partial charge in [0.05, 0.1) is 20.8 Å². The Hall–Kier alpha value is -1.08. The number of pyridine rings is 1. The fourth-order valence-electron chi connectivity index (χ4n) is 4.26. The molecule has 2 fully saturated rings. The number of nitrogens with one attached hydrogen (secondary N) is 1. The van der Waals surface area contributed by atoms with Gasteiger partial charge in [0.2, 0.25) is 5.56 Å². The summed E-state index contributed by atoms with van der Waals surface area (Å²) in [4.78, 5) is 16.4. The van der Waals surface area contributed by atoms with E-state index in [1.54, 1.807) is 0 Å². The molecule has 0 radical (unpaired) electrons. The van der Waals surface area contributed by atoms with Crippen LogP contribution in [-0.2, 0) is 9.84 Å². The van der Waals surface area contributed by atoms with E-state index in [0.29, 0.717) is 35.8 Å². The van der Waals surface area contributed by atoms with E-state index in [1.807, 2.05) is 0 Å². The molecule has 1 aromatic carbocycles. The Morgan fingerprint density at radius 1 is 1.16 bits per heavy atom. The lowest BCUT2D eigenvalue weighted by molar-refractivity contribution is 0.180. The molecule has 2 aromatic rings. The molecular formula is C17H18Cl2N2O3S. The van der Waals surface area contributed by atoms with Gasteiger partial charge in [-0.3, -0.25) is 4.79 Å². The van der Waals surface area contributed by atoms with Crippen molar-refractivity contribution in [1.29, 1.82) is 0 Å². The van der Waals surface area contributed by atoms with E-state index in [2.05, 4.69) is 16.9 Å². The predicted molar refractivity (Wildman–Crippen MR) is 99.4 cm³/mol. The minimum absolute atomic E-state index is 0.00987. The molecule has 5 nitrogen and oxygen atoms in total. The van der Waals surface area contributed by atoms with Gasteiger partial charge in [-0.15, -0.1) is 0 Å². The van der Waals surface area contributed by atoms with E-state index in [9.17, 15) is 13.2 Å². The maximum absolute atomic E-state index is 13.3. The summed E-state index contributed by atoms with van der Waals surface area (Å²) in [6.45, 7) is 0. The highest BCUT2D eigenvalue weighted by molar-refractivity contribution is 7.92. The fourth-order valence-corrected chi connectivity index (χ4v) is 7.40. The maximum Gasteiger partial charge on any atom is 0.248 e. The lowest BCUT2D eigenvalue weighted by atomic mass is 10.0. The molecule has 0 saturated carbocycles. The second-order valence-electron chi connectivity index (χ2n) is 6.97. The van der Waals surface area contributed by atoms with Crippen LogP contribution in [0.4, 0.5) is 0 Å². The van der Waals surface area contributed by atoms with Gasteiger partial charge in [-0.2, -0.15) is 0 Å². The largest absolute Gasteiger partial charge is 0.322 e. The Labute approximate surface area is 155 Å². The van der Waals surface area contributed by atoms with Crippen LogP contribution >= 0.6 is 23.2 Å². The molecule has 0 spiro atoms. The average molecular weight is 401 g/mol. The first-order valence-corrected chi connectivity index (χ1v) is 10.6. The summed E-state index contributed by atoms with van der Waals surface area (Å²) in [5.74, 6) is 0. The SMILES string of the molecule is CN1[C@@H]2CC[C@H]1C[C@H](S(=O)(=O)c1c(Cl)cc3[nH]c(=O)ccc3c1Cl)C2. The zero-order valence-electron chi connectivity index (χ0n) is 13.6. The smallest absolute Gasteiger partial charge is 0.248 e. The summed E-state index contributed by atoms with van der Waals surface area (Å²) in [7, 11) is -1.59. The topological polar surface area (TPSA) is 70.2 Å². The molecule has 1 aromatic heterocycles. The van der Waals surface area contributed by atoms with Gasteiger partial charge in [0.25, 0.3) is 0 Å². The number of aromatic amines is 1. The molecule has 3 atom stereocenters. The number of H-pyrrole nitrogens is 1. The second-order valence-corrected chi connectivity index (χ2v) is 9.92. The molecule has 25 heavy (non-hydrogen) atoms. The van der Waals surface area contributed by atoms with Crippen LogP contribution in [0.2, 0.25) is 10.0 Å². The maximum atomic E-state index is 13.3. The number of sulfone groups is 1. The van der Waals surface area contributed by atoms with Crippen LogP contribution in [0.1, 0.15) is 25.7 Å². The monoisotopic (exact) mass is 400 g/mol. The molecule has 134 valence electrons. The number of rotatable bonds is 2. The summed E-state index contributed by atoms with van der Waals surface area (Å²) in [5, 5.41) is 0.159. The number of fused-ring (bicyclic) bond motifs is 3. The first-order chi connectivity index (χ1) is 11.8. The molecule has 2 bridgehead atoms. The van der Waals surface area contributed by atoms with Crippen LogP contribution in [0.5, 0.6) is 0 Å². The minimum Gasteiger partial charge on any atom is -0.322 e.